The van der Waals surface area contributed by atoms with Crippen molar-refractivity contribution >= 4 is 28.9 Å². The summed E-state index contributed by atoms with van der Waals surface area (Å²) in [6.45, 7) is 4.67. The van der Waals surface area contributed by atoms with Crippen LogP contribution in [0.25, 0.3) is 0 Å². The van der Waals surface area contributed by atoms with Gasteiger partial charge in [0.1, 0.15) is 11.8 Å². The maximum atomic E-state index is 13.2. The second-order valence-electron chi connectivity index (χ2n) is 7.79. The van der Waals surface area contributed by atoms with E-state index in [1.807, 2.05) is 48.2 Å². The molecule has 0 bridgehead atoms. The maximum Gasteiger partial charge on any atom is 0.249 e. The van der Waals surface area contributed by atoms with Crippen molar-refractivity contribution in [3.63, 3.8) is 0 Å². The Balaban J connectivity index is 1.52. The number of ether oxygens (including phenoxy) is 1. The van der Waals surface area contributed by atoms with E-state index < -0.39 is 6.04 Å². The number of hydrogen-bond acceptors (Lipinski definition) is 4. The molecule has 2 heterocycles. The first-order valence-electron chi connectivity index (χ1n) is 10.2. The summed E-state index contributed by atoms with van der Waals surface area (Å²) in [4.78, 5) is 28.9. The number of para-hydroxylation sites is 1. The molecule has 1 saturated heterocycles. The zero-order valence-electron chi connectivity index (χ0n) is 17.1. The maximum absolute atomic E-state index is 13.2. The molecule has 152 valence electrons. The Hall–Kier alpha value is -3.02. The Morgan fingerprint density at radius 1 is 1.21 bits per heavy atom. The molecule has 6 nitrogen and oxygen atoms in total. The average Bonchev–Trinajstić information content (AvgIpc) is 3.29. The van der Waals surface area contributed by atoms with Gasteiger partial charge < -0.3 is 19.9 Å². The monoisotopic (exact) mass is 393 g/mol. The molecule has 0 aliphatic carbocycles. The predicted molar refractivity (Wildman–Crippen MR) is 115 cm³/mol. The Morgan fingerprint density at radius 2 is 2.00 bits per heavy atom. The van der Waals surface area contributed by atoms with E-state index in [4.69, 9.17) is 4.74 Å². The highest BCUT2D eigenvalue weighted by molar-refractivity contribution is 6.01. The SMILES string of the molecule is COc1cc(N[C@@H](C)C(=O)N2c3ccccc3C[C@@H]2C)ccc1N1CCCC1=O. The topological polar surface area (TPSA) is 61.9 Å². The smallest absolute Gasteiger partial charge is 0.249 e. The zero-order valence-corrected chi connectivity index (χ0v) is 17.1. The third-order valence-corrected chi connectivity index (χ3v) is 5.74. The number of carbonyl (C=O) groups excluding carboxylic acids is 2. The minimum atomic E-state index is -0.396. The third-order valence-electron chi connectivity index (χ3n) is 5.74. The van der Waals surface area contributed by atoms with E-state index in [1.165, 1.54) is 5.56 Å². The van der Waals surface area contributed by atoms with Crippen LogP contribution in [0.3, 0.4) is 0 Å². The molecule has 1 N–H and O–H groups in total. The number of nitrogens with zero attached hydrogens (tertiary/aromatic N) is 2. The number of rotatable bonds is 5. The number of carbonyl (C=O) groups is 2. The van der Waals surface area contributed by atoms with Crippen molar-refractivity contribution in [3.8, 4) is 5.75 Å². The highest BCUT2D eigenvalue weighted by atomic mass is 16.5. The van der Waals surface area contributed by atoms with E-state index in [2.05, 4.69) is 18.3 Å². The fourth-order valence-electron chi connectivity index (χ4n) is 4.31. The second kappa shape index (κ2) is 7.78. The zero-order chi connectivity index (χ0) is 20.5. The number of hydrogen-bond donors (Lipinski definition) is 1. The minimum Gasteiger partial charge on any atom is -0.494 e. The first kappa shape index (κ1) is 19.3. The third kappa shape index (κ3) is 3.55. The van der Waals surface area contributed by atoms with E-state index in [1.54, 1.807) is 12.0 Å². The molecule has 2 atom stereocenters. The van der Waals surface area contributed by atoms with Crippen LogP contribution in [0.15, 0.2) is 42.5 Å². The van der Waals surface area contributed by atoms with Crippen molar-refractivity contribution in [3.05, 3.63) is 48.0 Å². The molecule has 29 heavy (non-hydrogen) atoms. The van der Waals surface area contributed by atoms with Gasteiger partial charge in [-0.2, -0.15) is 0 Å². The lowest BCUT2D eigenvalue weighted by Gasteiger charge is -2.27. The molecule has 0 spiro atoms. The van der Waals surface area contributed by atoms with Gasteiger partial charge in [0.2, 0.25) is 11.8 Å². The van der Waals surface area contributed by atoms with Gasteiger partial charge in [0.05, 0.1) is 12.8 Å². The molecular weight excluding hydrogens is 366 g/mol. The summed E-state index contributed by atoms with van der Waals surface area (Å²) < 4.78 is 5.52. The molecule has 0 radical (unpaired) electrons. The Kier molecular flexibility index (Phi) is 5.18. The average molecular weight is 393 g/mol. The number of benzene rings is 2. The number of fused-ring (bicyclic) bond motifs is 1. The lowest BCUT2D eigenvalue weighted by molar-refractivity contribution is -0.119. The number of nitrogens with one attached hydrogen (secondary N) is 1. The Morgan fingerprint density at radius 3 is 2.72 bits per heavy atom. The predicted octanol–water partition coefficient (Wildman–Crippen LogP) is 3.60. The van der Waals surface area contributed by atoms with Crippen LogP contribution in [0.4, 0.5) is 17.1 Å². The fraction of sp³-hybridized carbons (Fsp3) is 0.391. The van der Waals surface area contributed by atoms with Crippen molar-refractivity contribution in [1.82, 2.24) is 0 Å². The van der Waals surface area contributed by atoms with Gasteiger partial charge in [0.15, 0.2) is 0 Å². The number of amides is 2. The van der Waals surface area contributed by atoms with E-state index in [-0.39, 0.29) is 17.9 Å². The van der Waals surface area contributed by atoms with Crippen molar-refractivity contribution in [1.29, 1.82) is 0 Å². The van der Waals surface area contributed by atoms with Gasteiger partial charge in [0, 0.05) is 36.4 Å². The van der Waals surface area contributed by atoms with Crippen LogP contribution in [0, 0.1) is 0 Å². The van der Waals surface area contributed by atoms with E-state index in [0.29, 0.717) is 18.7 Å². The number of methoxy groups -OCH3 is 1. The van der Waals surface area contributed by atoms with Crippen molar-refractivity contribution in [2.24, 2.45) is 0 Å². The highest BCUT2D eigenvalue weighted by Crippen LogP contribution is 2.35. The summed E-state index contributed by atoms with van der Waals surface area (Å²) in [5.74, 6) is 0.791. The summed E-state index contributed by atoms with van der Waals surface area (Å²) in [6.07, 6.45) is 2.31. The summed E-state index contributed by atoms with van der Waals surface area (Å²) >= 11 is 0. The molecular formula is C23H27N3O3. The van der Waals surface area contributed by atoms with Crippen LogP contribution < -0.4 is 19.9 Å². The highest BCUT2D eigenvalue weighted by Gasteiger charge is 2.33. The largest absolute Gasteiger partial charge is 0.494 e. The first-order valence-corrected chi connectivity index (χ1v) is 10.2. The van der Waals surface area contributed by atoms with Gasteiger partial charge >= 0.3 is 0 Å². The van der Waals surface area contributed by atoms with E-state index >= 15 is 0 Å². The minimum absolute atomic E-state index is 0.0419. The van der Waals surface area contributed by atoms with Gasteiger partial charge in [-0.05, 0) is 50.5 Å². The standard InChI is InChI=1S/C23H27N3O3/c1-15-13-17-7-4-5-8-19(17)26(15)23(28)16(2)24-18-10-11-20(21(14-18)29-3)25-12-6-9-22(25)27/h4-5,7-8,10-11,14-16,24H,6,9,12-13H2,1-3H3/t15-,16-/m0/s1. The lowest BCUT2D eigenvalue weighted by Crippen LogP contribution is -2.44. The van der Waals surface area contributed by atoms with Gasteiger partial charge in [-0.15, -0.1) is 0 Å². The molecule has 0 saturated carbocycles. The van der Waals surface area contributed by atoms with Crippen LogP contribution in [-0.4, -0.2) is 37.6 Å². The van der Waals surface area contributed by atoms with Gasteiger partial charge in [-0.25, -0.2) is 0 Å². The van der Waals surface area contributed by atoms with Crippen molar-refractivity contribution in [2.45, 2.75) is 45.2 Å². The van der Waals surface area contributed by atoms with Gasteiger partial charge in [-0.3, -0.25) is 9.59 Å². The van der Waals surface area contributed by atoms with Crippen LogP contribution in [0.1, 0.15) is 32.3 Å². The summed E-state index contributed by atoms with van der Waals surface area (Å²) in [6, 6.07) is 13.5. The first-order chi connectivity index (χ1) is 14.0. The second-order valence-corrected chi connectivity index (χ2v) is 7.79. The van der Waals surface area contributed by atoms with E-state index in [9.17, 15) is 9.59 Å². The van der Waals surface area contributed by atoms with Gasteiger partial charge in [-0.1, -0.05) is 18.2 Å². The lowest BCUT2D eigenvalue weighted by atomic mass is 10.1. The molecule has 2 aromatic rings. The molecule has 0 aromatic heterocycles. The molecule has 6 heteroatoms. The van der Waals surface area contributed by atoms with Crippen LogP contribution in [0.2, 0.25) is 0 Å². The van der Waals surface area contributed by atoms with Crippen molar-refractivity contribution < 1.29 is 14.3 Å². The summed E-state index contributed by atoms with van der Waals surface area (Å²) in [5, 5.41) is 3.30. The molecule has 2 amide bonds. The quantitative estimate of drug-likeness (QED) is 0.843. The van der Waals surface area contributed by atoms with Crippen LogP contribution in [0.5, 0.6) is 5.75 Å². The normalized spacial score (nSPS) is 19.3. The van der Waals surface area contributed by atoms with Crippen LogP contribution in [-0.2, 0) is 16.0 Å². The molecule has 0 unspecified atom stereocenters. The van der Waals surface area contributed by atoms with Gasteiger partial charge in [0.25, 0.3) is 0 Å². The molecule has 4 rings (SSSR count). The van der Waals surface area contributed by atoms with Crippen LogP contribution >= 0.6 is 0 Å². The Labute approximate surface area is 171 Å². The summed E-state index contributed by atoms with van der Waals surface area (Å²) in [5.41, 5.74) is 3.78. The fourth-order valence-corrected chi connectivity index (χ4v) is 4.31. The molecule has 2 aliphatic heterocycles. The molecule has 2 aromatic carbocycles. The van der Waals surface area contributed by atoms with Crippen molar-refractivity contribution in [2.75, 3.05) is 28.8 Å². The summed E-state index contributed by atoms with van der Waals surface area (Å²) in [7, 11) is 1.60. The molecule has 2 aliphatic rings. The Bertz CT molecular complexity index is 943. The molecule has 1 fully saturated rings. The number of anilines is 3. The van der Waals surface area contributed by atoms with E-state index in [0.717, 1.165) is 29.9 Å².